The zero-order valence-electron chi connectivity index (χ0n) is 15.3. The van der Waals surface area contributed by atoms with Crippen LogP contribution in [0.1, 0.15) is 28.4 Å². The van der Waals surface area contributed by atoms with E-state index < -0.39 is 23.6 Å². The number of hydrogen-bond donors (Lipinski definition) is 1. The number of amides is 2. The molecule has 29 heavy (non-hydrogen) atoms. The van der Waals surface area contributed by atoms with E-state index in [1.807, 2.05) is 0 Å². The van der Waals surface area contributed by atoms with Crippen LogP contribution < -0.4 is 16.0 Å². The number of carboxylic acid groups (broad SMARTS) is 1. The fourth-order valence-electron chi connectivity index (χ4n) is 4.13. The summed E-state index contributed by atoms with van der Waals surface area (Å²) in [5.74, 6) is -4.00. The molecule has 150 valence electrons. The van der Waals surface area contributed by atoms with Crippen LogP contribution in [-0.2, 0) is 16.1 Å². The summed E-state index contributed by atoms with van der Waals surface area (Å²) in [6.45, 7) is 0.757. The van der Waals surface area contributed by atoms with Gasteiger partial charge >= 0.3 is 0 Å². The monoisotopic (exact) mass is 398 g/mol. The number of carbonyl (C=O) groups excluding carboxylic acids is 3. The van der Waals surface area contributed by atoms with Crippen molar-refractivity contribution in [2.75, 3.05) is 18.4 Å². The Morgan fingerprint density at radius 1 is 1.03 bits per heavy atom. The van der Waals surface area contributed by atoms with Gasteiger partial charge in [-0.25, -0.2) is 4.39 Å². The second-order valence-corrected chi connectivity index (χ2v) is 7.34. The van der Waals surface area contributed by atoms with E-state index in [4.69, 9.17) is 0 Å². The molecule has 2 bridgehead atoms. The molecule has 2 amide bonds. The summed E-state index contributed by atoms with van der Waals surface area (Å²) in [6.07, 6.45) is 0.748. The summed E-state index contributed by atoms with van der Waals surface area (Å²) in [5.41, 5.74) is 0.654. The molecule has 8 nitrogen and oxygen atoms in total. The first-order chi connectivity index (χ1) is 13.8. The van der Waals surface area contributed by atoms with Crippen LogP contribution in [0.2, 0.25) is 0 Å². The second kappa shape index (κ2) is 7.16. The van der Waals surface area contributed by atoms with E-state index in [0.29, 0.717) is 12.2 Å². The first-order valence-electron chi connectivity index (χ1n) is 9.14. The lowest BCUT2D eigenvalue weighted by Gasteiger charge is -2.42. The summed E-state index contributed by atoms with van der Waals surface area (Å²) < 4.78 is 14.6. The molecule has 4 rings (SSSR count). The molecule has 1 aromatic heterocycles. The van der Waals surface area contributed by atoms with Gasteiger partial charge in [0.15, 0.2) is 0 Å². The highest BCUT2D eigenvalue weighted by Gasteiger charge is 2.36. The number of halogens is 1. The van der Waals surface area contributed by atoms with Crippen molar-refractivity contribution in [1.29, 1.82) is 0 Å². The number of nitrogens with zero attached hydrogens (tertiary/aromatic N) is 2. The van der Waals surface area contributed by atoms with Crippen molar-refractivity contribution < 1.29 is 23.9 Å². The maximum atomic E-state index is 13.0. The molecule has 9 heteroatoms. The molecule has 0 spiro atoms. The van der Waals surface area contributed by atoms with Crippen molar-refractivity contribution in [3.05, 3.63) is 63.8 Å². The highest BCUT2D eigenvalue weighted by Crippen LogP contribution is 2.35. The Labute approximate surface area is 164 Å². The lowest BCUT2D eigenvalue weighted by molar-refractivity contribution is -0.302. The maximum absolute atomic E-state index is 13.0. The Morgan fingerprint density at radius 3 is 2.45 bits per heavy atom. The van der Waals surface area contributed by atoms with Crippen LogP contribution in [0.4, 0.5) is 10.1 Å². The molecule has 1 aromatic carbocycles. The third-order valence-electron chi connectivity index (χ3n) is 5.42. The maximum Gasteiger partial charge on any atom is 0.274 e. The Morgan fingerprint density at radius 2 is 1.76 bits per heavy atom. The molecule has 0 aliphatic carbocycles. The summed E-state index contributed by atoms with van der Waals surface area (Å²) in [7, 11) is 0. The highest BCUT2D eigenvalue weighted by molar-refractivity contribution is 6.30. The van der Waals surface area contributed by atoms with Crippen LogP contribution in [0.3, 0.4) is 0 Å². The van der Waals surface area contributed by atoms with Gasteiger partial charge in [-0.1, -0.05) is 0 Å². The molecule has 3 heterocycles. The largest absolute Gasteiger partial charge is 0.540 e. The quantitative estimate of drug-likeness (QED) is 0.712. The average Bonchev–Trinajstić information content (AvgIpc) is 2.70. The summed E-state index contributed by atoms with van der Waals surface area (Å²) >= 11 is 0. The van der Waals surface area contributed by atoms with E-state index >= 15 is 0 Å². The van der Waals surface area contributed by atoms with Gasteiger partial charge in [-0.15, -0.1) is 0 Å². The van der Waals surface area contributed by atoms with E-state index in [-0.39, 0.29) is 41.7 Å². The molecular weight excluding hydrogens is 381 g/mol. The van der Waals surface area contributed by atoms with Crippen molar-refractivity contribution in [3.63, 3.8) is 0 Å². The Balaban J connectivity index is 1.58. The van der Waals surface area contributed by atoms with Gasteiger partial charge in [0.1, 0.15) is 17.5 Å². The number of carboxylic acids is 1. The molecule has 2 aromatic rings. The number of pyridine rings is 1. The fourth-order valence-corrected chi connectivity index (χ4v) is 4.13. The number of fused-ring (bicyclic) bond motifs is 4. The van der Waals surface area contributed by atoms with Gasteiger partial charge in [0.05, 0.1) is 0 Å². The first-order valence-corrected chi connectivity index (χ1v) is 9.14. The number of aromatic nitrogens is 1. The molecule has 0 radical (unpaired) electrons. The van der Waals surface area contributed by atoms with Crippen LogP contribution in [0, 0.1) is 11.7 Å². The number of rotatable bonds is 2. The number of anilines is 1. The third kappa shape index (κ3) is 3.51. The third-order valence-corrected chi connectivity index (χ3v) is 5.42. The predicted octanol–water partition coefficient (Wildman–Crippen LogP) is -0.0647. The SMILES string of the molecule is O=C([O-])C(=O)N1C[C@@H]2C[C@H](C1)c1ccc(NC(=O)c3ccc(F)cc3)c(=O)n1C2. The lowest BCUT2D eigenvalue weighted by Crippen LogP contribution is -2.53. The summed E-state index contributed by atoms with van der Waals surface area (Å²) in [6, 6.07) is 8.18. The number of aliphatic carboxylic acids is 1. The van der Waals surface area contributed by atoms with Crippen LogP contribution in [-0.4, -0.2) is 40.3 Å². The van der Waals surface area contributed by atoms with E-state index in [9.17, 15) is 28.7 Å². The number of likely N-dealkylation sites (tertiary alicyclic amines) is 1. The number of nitrogens with one attached hydrogen (secondary N) is 1. The van der Waals surface area contributed by atoms with Gasteiger partial charge in [0.25, 0.3) is 17.4 Å². The van der Waals surface area contributed by atoms with E-state index in [1.54, 1.807) is 10.6 Å². The summed E-state index contributed by atoms with van der Waals surface area (Å²) in [4.78, 5) is 49.1. The van der Waals surface area contributed by atoms with Crippen molar-refractivity contribution in [3.8, 4) is 0 Å². The van der Waals surface area contributed by atoms with Crippen LogP contribution in [0.15, 0.2) is 41.2 Å². The van der Waals surface area contributed by atoms with Crippen LogP contribution in [0.25, 0.3) is 0 Å². The lowest BCUT2D eigenvalue weighted by atomic mass is 9.83. The minimum Gasteiger partial charge on any atom is -0.540 e. The minimum absolute atomic E-state index is 0.0645. The number of benzene rings is 1. The van der Waals surface area contributed by atoms with Crippen molar-refractivity contribution in [1.82, 2.24) is 9.47 Å². The van der Waals surface area contributed by atoms with Crippen LogP contribution in [0.5, 0.6) is 0 Å². The highest BCUT2D eigenvalue weighted by atomic mass is 19.1. The molecule has 2 atom stereocenters. The standard InChI is InChI=1S/C20H18FN3O5/c21-14-3-1-12(2-4-14)17(25)22-15-5-6-16-13-7-11(9-24(16)18(15)26)8-23(10-13)19(27)20(28)29/h1-6,11,13H,7-10H2,(H,22,25)(H,28,29)/p-1/t11-,13+/m0/s1. The van der Waals surface area contributed by atoms with E-state index in [0.717, 1.165) is 18.6 Å². The van der Waals surface area contributed by atoms with Crippen molar-refractivity contribution in [2.45, 2.75) is 18.9 Å². The van der Waals surface area contributed by atoms with Gasteiger partial charge in [0, 0.05) is 36.8 Å². The zero-order valence-corrected chi connectivity index (χ0v) is 15.3. The van der Waals surface area contributed by atoms with E-state index in [1.165, 1.54) is 23.1 Å². The van der Waals surface area contributed by atoms with E-state index in [2.05, 4.69) is 5.32 Å². The average molecular weight is 398 g/mol. The van der Waals surface area contributed by atoms with Gasteiger partial charge in [-0.2, -0.15) is 0 Å². The molecule has 1 fully saturated rings. The minimum atomic E-state index is -1.73. The Bertz CT molecular complexity index is 1060. The van der Waals surface area contributed by atoms with Gasteiger partial charge in [-0.3, -0.25) is 14.4 Å². The molecule has 1 N–H and O–H groups in total. The molecular formula is C20H17FN3O5-. The molecule has 2 aliphatic heterocycles. The van der Waals surface area contributed by atoms with Gasteiger partial charge < -0.3 is 24.7 Å². The van der Waals surface area contributed by atoms with Crippen molar-refractivity contribution in [2.24, 2.45) is 5.92 Å². The first kappa shape index (κ1) is 18.9. The van der Waals surface area contributed by atoms with Gasteiger partial charge in [0.2, 0.25) is 0 Å². The molecule has 0 unspecified atom stereocenters. The number of piperidine rings is 1. The van der Waals surface area contributed by atoms with Crippen LogP contribution >= 0.6 is 0 Å². The van der Waals surface area contributed by atoms with Crippen molar-refractivity contribution >= 4 is 23.5 Å². The Kier molecular flexibility index (Phi) is 4.65. The molecule has 0 saturated carbocycles. The second-order valence-electron chi connectivity index (χ2n) is 7.34. The molecule has 1 saturated heterocycles. The Hall–Kier alpha value is -3.49. The zero-order chi connectivity index (χ0) is 20.7. The summed E-state index contributed by atoms with van der Waals surface area (Å²) in [5, 5.41) is 13.4. The molecule has 2 aliphatic rings. The smallest absolute Gasteiger partial charge is 0.274 e. The van der Waals surface area contributed by atoms with Gasteiger partial charge in [-0.05, 0) is 48.7 Å². The number of hydrogen-bond acceptors (Lipinski definition) is 5. The fraction of sp³-hybridized carbons (Fsp3) is 0.300. The topological polar surface area (TPSA) is 112 Å². The normalized spacial score (nSPS) is 20.0. The predicted molar refractivity (Wildman–Crippen MR) is 97.5 cm³/mol. The number of carbonyl (C=O) groups is 3.